The van der Waals surface area contributed by atoms with Gasteiger partial charge in [-0.25, -0.2) is 15.0 Å². The molecule has 0 radical (unpaired) electrons. The van der Waals surface area contributed by atoms with E-state index in [0.717, 1.165) is 23.6 Å². The maximum Gasteiger partial charge on any atom is 0.229 e. The van der Waals surface area contributed by atoms with Crippen LogP contribution in [0.2, 0.25) is 0 Å². The Labute approximate surface area is 183 Å². The van der Waals surface area contributed by atoms with Crippen molar-refractivity contribution in [1.82, 2.24) is 15.0 Å². The number of oxazole rings is 1. The number of fused-ring (bicyclic) bond motifs is 2. The number of hydrogen-bond donors (Lipinski definition) is 3. The molecule has 1 aliphatic rings. The third-order valence-corrected chi connectivity index (χ3v) is 5.43. The highest BCUT2D eigenvalue weighted by atomic mass is 16.3. The molecule has 1 aromatic carbocycles. The minimum absolute atomic E-state index is 0.00943. The van der Waals surface area contributed by atoms with Gasteiger partial charge in [0.15, 0.2) is 5.58 Å². The first-order chi connectivity index (χ1) is 15.6. The number of nitrogens with zero attached hydrogens (tertiary/aromatic N) is 3. The van der Waals surface area contributed by atoms with Gasteiger partial charge in [0.25, 0.3) is 0 Å². The summed E-state index contributed by atoms with van der Waals surface area (Å²) in [6, 6.07) is 7.14. The lowest BCUT2D eigenvalue weighted by molar-refractivity contribution is -0.117. The summed E-state index contributed by atoms with van der Waals surface area (Å²) >= 11 is 0. The van der Waals surface area contributed by atoms with Gasteiger partial charge in [-0.15, -0.1) is 0 Å². The van der Waals surface area contributed by atoms with E-state index in [4.69, 9.17) is 4.42 Å². The van der Waals surface area contributed by atoms with E-state index >= 15 is 0 Å². The zero-order valence-electron chi connectivity index (χ0n) is 17.7. The number of hydrogen-bond acceptors (Lipinski definition) is 7. The fraction of sp³-hybridized carbons (Fsp3) is 0.261. The molecule has 1 aliphatic carbocycles. The molecule has 0 unspecified atom stereocenters. The maximum absolute atomic E-state index is 12.2. The van der Waals surface area contributed by atoms with Crippen LogP contribution in [0, 0.1) is 5.92 Å². The van der Waals surface area contributed by atoms with Gasteiger partial charge < -0.3 is 20.4 Å². The molecule has 9 heteroatoms. The summed E-state index contributed by atoms with van der Waals surface area (Å²) < 4.78 is 6.00. The molecule has 9 nitrogen and oxygen atoms in total. The van der Waals surface area contributed by atoms with Gasteiger partial charge in [-0.3, -0.25) is 9.59 Å². The fourth-order valence-corrected chi connectivity index (χ4v) is 3.52. The minimum Gasteiger partial charge on any atom is -0.436 e. The van der Waals surface area contributed by atoms with E-state index in [-0.39, 0.29) is 17.7 Å². The standard InChI is InChI=1S/C23H22N6O3/c1-3-20(30)27-13-6-7-18-17(8-13)28-23(32-18)16-11-26-21(24-2)15-10-25-19(9-14(15)16)29-22(31)12-4-5-12/h6-12H,3-5H2,1-2H3,(H,24,26)(H,27,30)(H,25,29,31). The van der Waals surface area contributed by atoms with Crippen LogP contribution in [0.4, 0.5) is 17.3 Å². The summed E-state index contributed by atoms with van der Waals surface area (Å²) in [7, 11) is 1.79. The highest BCUT2D eigenvalue weighted by Crippen LogP contribution is 2.35. The van der Waals surface area contributed by atoms with E-state index in [0.29, 0.717) is 46.3 Å². The van der Waals surface area contributed by atoms with E-state index in [1.54, 1.807) is 44.6 Å². The monoisotopic (exact) mass is 430 g/mol. The van der Waals surface area contributed by atoms with Crippen LogP contribution in [-0.2, 0) is 9.59 Å². The lowest BCUT2D eigenvalue weighted by Gasteiger charge is -2.10. The molecular weight excluding hydrogens is 408 g/mol. The van der Waals surface area contributed by atoms with Crippen LogP contribution in [0.15, 0.2) is 41.1 Å². The highest BCUT2D eigenvalue weighted by molar-refractivity contribution is 6.03. The first-order valence-electron chi connectivity index (χ1n) is 10.5. The average molecular weight is 430 g/mol. The summed E-state index contributed by atoms with van der Waals surface area (Å²) in [5, 5.41) is 10.4. The van der Waals surface area contributed by atoms with Gasteiger partial charge in [0.05, 0.1) is 5.56 Å². The number of pyridine rings is 2. The molecular formula is C23H22N6O3. The molecule has 3 aromatic heterocycles. The van der Waals surface area contributed by atoms with Crippen molar-refractivity contribution in [1.29, 1.82) is 0 Å². The van der Waals surface area contributed by atoms with Crippen LogP contribution in [0.25, 0.3) is 33.3 Å². The van der Waals surface area contributed by atoms with Crippen LogP contribution in [0.3, 0.4) is 0 Å². The lowest BCUT2D eigenvalue weighted by Crippen LogP contribution is -2.14. The number of carbonyl (C=O) groups is 2. The molecule has 2 amide bonds. The number of benzene rings is 1. The number of amides is 2. The Kier molecular flexibility index (Phi) is 4.93. The second kappa shape index (κ2) is 7.92. The van der Waals surface area contributed by atoms with E-state index in [9.17, 15) is 9.59 Å². The molecule has 1 fully saturated rings. The van der Waals surface area contributed by atoms with Crippen molar-refractivity contribution in [2.45, 2.75) is 26.2 Å². The topological polar surface area (TPSA) is 122 Å². The van der Waals surface area contributed by atoms with Crippen molar-refractivity contribution in [3.8, 4) is 11.5 Å². The van der Waals surface area contributed by atoms with Crippen LogP contribution >= 0.6 is 0 Å². The molecule has 3 N–H and O–H groups in total. The second-order valence-electron chi connectivity index (χ2n) is 7.75. The van der Waals surface area contributed by atoms with Crippen molar-refractivity contribution in [3.63, 3.8) is 0 Å². The Hall–Kier alpha value is -4.01. The molecule has 0 atom stereocenters. The van der Waals surface area contributed by atoms with Gasteiger partial charge in [-0.2, -0.15) is 0 Å². The van der Waals surface area contributed by atoms with E-state index in [1.165, 1.54) is 0 Å². The Bertz CT molecular complexity index is 1360. The van der Waals surface area contributed by atoms with Gasteiger partial charge >= 0.3 is 0 Å². The quantitative estimate of drug-likeness (QED) is 0.419. The molecule has 0 bridgehead atoms. The third kappa shape index (κ3) is 3.73. The van der Waals surface area contributed by atoms with Gasteiger partial charge in [-0.1, -0.05) is 6.92 Å². The first kappa shape index (κ1) is 19.9. The normalized spacial score (nSPS) is 13.3. The molecule has 1 saturated carbocycles. The highest BCUT2D eigenvalue weighted by Gasteiger charge is 2.30. The predicted molar refractivity (Wildman–Crippen MR) is 122 cm³/mol. The Morgan fingerprint density at radius 2 is 1.94 bits per heavy atom. The Morgan fingerprint density at radius 3 is 2.69 bits per heavy atom. The minimum atomic E-state index is -0.0702. The smallest absolute Gasteiger partial charge is 0.229 e. The molecule has 3 heterocycles. The SMILES string of the molecule is CCC(=O)Nc1ccc2oc(-c3cnc(NC)c4cnc(NC(=O)C5CC5)cc34)nc2c1. The fourth-order valence-electron chi connectivity index (χ4n) is 3.52. The summed E-state index contributed by atoms with van der Waals surface area (Å²) in [6.07, 6.45) is 5.60. The van der Waals surface area contributed by atoms with Crippen LogP contribution < -0.4 is 16.0 Å². The summed E-state index contributed by atoms with van der Waals surface area (Å²) in [6.45, 7) is 1.80. The number of nitrogens with one attached hydrogen (secondary N) is 3. The van der Waals surface area contributed by atoms with Crippen LogP contribution in [-0.4, -0.2) is 33.8 Å². The number of anilines is 3. The number of carbonyl (C=O) groups excluding carboxylic acids is 2. The number of rotatable bonds is 6. The average Bonchev–Trinajstić information content (AvgIpc) is 3.57. The Balaban J connectivity index is 1.58. The van der Waals surface area contributed by atoms with Crippen LogP contribution in [0.1, 0.15) is 26.2 Å². The maximum atomic E-state index is 12.2. The predicted octanol–water partition coefficient (Wildman–Crippen LogP) is 4.18. The zero-order valence-corrected chi connectivity index (χ0v) is 17.7. The second-order valence-corrected chi connectivity index (χ2v) is 7.75. The van der Waals surface area contributed by atoms with Crippen molar-refractivity contribution in [2.75, 3.05) is 23.0 Å². The molecule has 0 aliphatic heterocycles. The summed E-state index contributed by atoms with van der Waals surface area (Å²) in [5.74, 6) is 1.53. The summed E-state index contributed by atoms with van der Waals surface area (Å²) in [4.78, 5) is 37.4. The molecule has 32 heavy (non-hydrogen) atoms. The van der Waals surface area contributed by atoms with Crippen molar-refractivity contribution in [2.24, 2.45) is 5.92 Å². The van der Waals surface area contributed by atoms with Crippen molar-refractivity contribution < 1.29 is 14.0 Å². The molecule has 0 spiro atoms. The van der Waals surface area contributed by atoms with Crippen molar-refractivity contribution in [3.05, 3.63) is 36.7 Å². The van der Waals surface area contributed by atoms with Crippen LogP contribution in [0.5, 0.6) is 0 Å². The number of aromatic nitrogens is 3. The largest absolute Gasteiger partial charge is 0.436 e. The molecule has 5 rings (SSSR count). The third-order valence-electron chi connectivity index (χ3n) is 5.43. The molecule has 4 aromatic rings. The van der Waals surface area contributed by atoms with E-state index in [1.807, 2.05) is 6.07 Å². The van der Waals surface area contributed by atoms with E-state index in [2.05, 4.69) is 30.9 Å². The van der Waals surface area contributed by atoms with Gasteiger partial charge in [0, 0.05) is 48.2 Å². The van der Waals surface area contributed by atoms with E-state index < -0.39 is 0 Å². The molecule has 162 valence electrons. The molecule has 0 saturated heterocycles. The summed E-state index contributed by atoms with van der Waals surface area (Å²) in [5.41, 5.74) is 2.55. The van der Waals surface area contributed by atoms with Gasteiger partial charge in [0.1, 0.15) is 17.2 Å². The van der Waals surface area contributed by atoms with Gasteiger partial charge in [0.2, 0.25) is 17.7 Å². The lowest BCUT2D eigenvalue weighted by atomic mass is 10.1. The van der Waals surface area contributed by atoms with Crippen molar-refractivity contribution >= 4 is 51.0 Å². The Morgan fingerprint density at radius 1 is 1.09 bits per heavy atom. The first-order valence-corrected chi connectivity index (χ1v) is 10.5. The van der Waals surface area contributed by atoms with Gasteiger partial charge in [-0.05, 0) is 37.1 Å². The zero-order chi connectivity index (χ0) is 22.2.